The minimum atomic E-state index is -0.341. The Balaban J connectivity index is 1.85. The van der Waals surface area contributed by atoms with Crippen molar-refractivity contribution in [3.05, 3.63) is 76.6 Å². The molecule has 1 heterocycles. The number of benzene rings is 2. The van der Waals surface area contributed by atoms with Crippen molar-refractivity contribution in [3.63, 3.8) is 0 Å². The van der Waals surface area contributed by atoms with E-state index in [1.54, 1.807) is 30.3 Å². The number of carbonyl (C=O) groups excluding carboxylic acids is 1. The van der Waals surface area contributed by atoms with Crippen molar-refractivity contribution in [2.45, 2.75) is 13.8 Å². The molecule has 0 atom stereocenters. The molecule has 2 aromatic carbocycles. The largest absolute Gasteiger partial charge is 0.324 e. The van der Waals surface area contributed by atoms with Crippen LogP contribution in [-0.2, 0) is 0 Å². The van der Waals surface area contributed by atoms with Crippen LogP contribution >= 0.6 is 11.6 Å². The third-order valence-corrected chi connectivity index (χ3v) is 3.93. The average molecular weight is 353 g/mol. The summed E-state index contributed by atoms with van der Waals surface area (Å²) >= 11 is 6.08. The van der Waals surface area contributed by atoms with Crippen molar-refractivity contribution in [1.82, 2.24) is 9.97 Å². The Labute approximate surface area is 151 Å². The maximum Gasteiger partial charge on any atom is 0.274 e. The third kappa shape index (κ3) is 4.14. The highest BCUT2D eigenvalue weighted by molar-refractivity contribution is 6.33. The molecule has 6 heteroatoms. The minimum Gasteiger partial charge on any atom is -0.324 e. The second-order valence-corrected chi connectivity index (χ2v) is 6.00. The average Bonchev–Trinajstić information content (AvgIpc) is 2.58. The molecular formula is C19H17ClN4O. The van der Waals surface area contributed by atoms with Gasteiger partial charge in [0.25, 0.3) is 5.91 Å². The summed E-state index contributed by atoms with van der Waals surface area (Å²) in [6.07, 6.45) is 0. The number of nitrogens with zero attached hydrogens (tertiary/aromatic N) is 2. The Morgan fingerprint density at radius 1 is 0.960 bits per heavy atom. The predicted molar refractivity (Wildman–Crippen MR) is 101 cm³/mol. The molecule has 25 heavy (non-hydrogen) atoms. The van der Waals surface area contributed by atoms with Gasteiger partial charge in [-0.05, 0) is 43.7 Å². The van der Waals surface area contributed by atoms with Gasteiger partial charge in [-0.3, -0.25) is 4.79 Å². The Hall–Kier alpha value is -2.92. The van der Waals surface area contributed by atoms with Gasteiger partial charge in [0, 0.05) is 11.4 Å². The van der Waals surface area contributed by atoms with Crippen molar-refractivity contribution >= 4 is 34.8 Å². The lowest BCUT2D eigenvalue weighted by atomic mass is 10.2. The van der Waals surface area contributed by atoms with Gasteiger partial charge in [-0.1, -0.05) is 41.9 Å². The lowest BCUT2D eigenvalue weighted by molar-refractivity contribution is 0.102. The molecule has 126 valence electrons. The number of carbonyl (C=O) groups is 1. The summed E-state index contributed by atoms with van der Waals surface area (Å²) in [7, 11) is 0. The molecule has 0 aliphatic rings. The van der Waals surface area contributed by atoms with E-state index in [-0.39, 0.29) is 11.6 Å². The smallest absolute Gasteiger partial charge is 0.274 e. The molecule has 1 aromatic heterocycles. The molecule has 5 nitrogen and oxygen atoms in total. The van der Waals surface area contributed by atoms with Gasteiger partial charge < -0.3 is 10.6 Å². The van der Waals surface area contributed by atoms with E-state index in [0.29, 0.717) is 22.4 Å². The van der Waals surface area contributed by atoms with E-state index in [1.807, 2.05) is 38.1 Å². The van der Waals surface area contributed by atoms with Crippen LogP contribution in [0.15, 0.2) is 54.6 Å². The highest BCUT2D eigenvalue weighted by Gasteiger charge is 2.13. The fourth-order valence-corrected chi connectivity index (χ4v) is 2.51. The van der Waals surface area contributed by atoms with Gasteiger partial charge in [-0.25, -0.2) is 9.97 Å². The SMILES string of the molecule is Cc1cc(C(=O)Nc2ccccc2Cl)nc(Nc2ccccc2C)n1. The summed E-state index contributed by atoms with van der Waals surface area (Å²) in [4.78, 5) is 21.2. The fraction of sp³-hybridized carbons (Fsp3) is 0.105. The number of anilines is 3. The van der Waals surface area contributed by atoms with Gasteiger partial charge in [0.05, 0.1) is 10.7 Å². The number of nitrogens with one attached hydrogen (secondary N) is 2. The van der Waals surface area contributed by atoms with E-state index >= 15 is 0 Å². The number of halogens is 1. The molecule has 0 aliphatic heterocycles. The van der Waals surface area contributed by atoms with E-state index in [9.17, 15) is 4.79 Å². The molecule has 0 bridgehead atoms. The molecule has 3 aromatic rings. The van der Waals surface area contributed by atoms with Crippen molar-refractivity contribution in [2.24, 2.45) is 0 Å². The Morgan fingerprint density at radius 3 is 2.36 bits per heavy atom. The quantitative estimate of drug-likeness (QED) is 0.711. The van der Waals surface area contributed by atoms with E-state index in [0.717, 1.165) is 11.3 Å². The number of aromatic nitrogens is 2. The van der Waals surface area contributed by atoms with Gasteiger partial charge >= 0.3 is 0 Å². The summed E-state index contributed by atoms with van der Waals surface area (Å²) in [5.41, 5.74) is 3.46. The molecule has 2 N–H and O–H groups in total. The Kier molecular flexibility index (Phi) is 4.95. The summed E-state index contributed by atoms with van der Waals surface area (Å²) in [5.74, 6) is 0.0324. The van der Waals surface area contributed by atoms with Crippen molar-refractivity contribution in [3.8, 4) is 0 Å². The van der Waals surface area contributed by atoms with Crippen molar-refractivity contribution in [1.29, 1.82) is 0 Å². The zero-order valence-electron chi connectivity index (χ0n) is 13.9. The maximum absolute atomic E-state index is 12.5. The first-order valence-electron chi connectivity index (χ1n) is 7.77. The predicted octanol–water partition coefficient (Wildman–Crippen LogP) is 4.74. The van der Waals surface area contributed by atoms with Crippen LogP contribution in [0.5, 0.6) is 0 Å². The molecule has 0 saturated heterocycles. The maximum atomic E-state index is 12.5. The Bertz CT molecular complexity index is 927. The summed E-state index contributed by atoms with van der Waals surface area (Å²) < 4.78 is 0. The highest BCUT2D eigenvalue weighted by Crippen LogP contribution is 2.22. The van der Waals surface area contributed by atoms with Gasteiger partial charge in [0.1, 0.15) is 5.69 Å². The second kappa shape index (κ2) is 7.32. The van der Waals surface area contributed by atoms with Crippen LogP contribution in [0.25, 0.3) is 0 Å². The normalized spacial score (nSPS) is 10.4. The summed E-state index contributed by atoms with van der Waals surface area (Å²) in [5, 5.41) is 6.39. The first kappa shape index (κ1) is 16.9. The van der Waals surface area contributed by atoms with Crippen LogP contribution in [0.1, 0.15) is 21.7 Å². The number of amides is 1. The van der Waals surface area contributed by atoms with Gasteiger partial charge in [0.15, 0.2) is 0 Å². The van der Waals surface area contributed by atoms with Crippen LogP contribution in [0.2, 0.25) is 5.02 Å². The van der Waals surface area contributed by atoms with Crippen molar-refractivity contribution < 1.29 is 4.79 Å². The van der Waals surface area contributed by atoms with Crippen LogP contribution in [0.3, 0.4) is 0 Å². The first-order valence-corrected chi connectivity index (χ1v) is 8.15. The van der Waals surface area contributed by atoms with Crippen molar-refractivity contribution in [2.75, 3.05) is 10.6 Å². The topological polar surface area (TPSA) is 66.9 Å². The van der Waals surface area contributed by atoms with Crippen LogP contribution in [-0.4, -0.2) is 15.9 Å². The zero-order valence-corrected chi connectivity index (χ0v) is 14.6. The van der Waals surface area contributed by atoms with Gasteiger partial charge in [-0.2, -0.15) is 0 Å². The van der Waals surface area contributed by atoms with Crippen LogP contribution in [0, 0.1) is 13.8 Å². The molecular weight excluding hydrogens is 336 g/mol. The molecule has 0 fully saturated rings. The third-order valence-electron chi connectivity index (χ3n) is 3.60. The van der Waals surface area contributed by atoms with Gasteiger partial charge in [-0.15, -0.1) is 0 Å². The monoisotopic (exact) mass is 352 g/mol. The molecule has 0 spiro atoms. The summed E-state index contributed by atoms with van der Waals surface area (Å²) in [6, 6.07) is 16.5. The van der Waals surface area contributed by atoms with E-state index in [2.05, 4.69) is 20.6 Å². The second-order valence-electron chi connectivity index (χ2n) is 5.59. The fourth-order valence-electron chi connectivity index (χ4n) is 2.32. The van der Waals surface area contributed by atoms with Crippen LogP contribution in [0.4, 0.5) is 17.3 Å². The van der Waals surface area contributed by atoms with E-state index in [4.69, 9.17) is 11.6 Å². The standard InChI is InChI=1S/C19H17ClN4O/c1-12-7-3-5-9-15(12)23-19-21-13(2)11-17(24-19)18(25)22-16-10-6-4-8-14(16)20/h3-11H,1-2H3,(H,22,25)(H,21,23,24). The van der Waals surface area contributed by atoms with E-state index in [1.165, 1.54) is 0 Å². The number of aryl methyl sites for hydroxylation is 2. The molecule has 3 rings (SSSR count). The number of hydrogen-bond acceptors (Lipinski definition) is 4. The first-order chi connectivity index (χ1) is 12.0. The zero-order chi connectivity index (χ0) is 17.8. The molecule has 0 unspecified atom stereocenters. The molecule has 0 aliphatic carbocycles. The minimum absolute atomic E-state index is 0.267. The molecule has 1 amide bonds. The van der Waals surface area contributed by atoms with Gasteiger partial charge in [0.2, 0.25) is 5.95 Å². The number of hydrogen-bond donors (Lipinski definition) is 2. The lowest BCUT2D eigenvalue weighted by Gasteiger charge is -2.11. The summed E-state index contributed by atoms with van der Waals surface area (Å²) in [6.45, 7) is 3.81. The number of para-hydroxylation sites is 2. The molecule has 0 saturated carbocycles. The lowest BCUT2D eigenvalue weighted by Crippen LogP contribution is -2.15. The molecule has 0 radical (unpaired) electrons. The Morgan fingerprint density at radius 2 is 1.64 bits per heavy atom. The number of rotatable bonds is 4. The highest BCUT2D eigenvalue weighted by atomic mass is 35.5. The van der Waals surface area contributed by atoms with Crippen LogP contribution < -0.4 is 10.6 Å². The van der Waals surface area contributed by atoms with E-state index < -0.39 is 0 Å².